The SMILES string of the molecule is C/C(=C\c1ccccc1)CN1CCN(C(=O)c2ccccn2)CC1. The van der Waals surface area contributed by atoms with Crippen molar-refractivity contribution in [2.75, 3.05) is 32.7 Å². The summed E-state index contributed by atoms with van der Waals surface area (Å²) in [4.78, 5) is 20.9. The van der Waals surface area contributed by atoms with Crippen LogP contribution in [0.15, 0.2) is 60.3 Å². The van der Waals surface area contributed by atoms with E-state index in [9.17, 15) is 4.79 Å². The summed E-state index contributed by atoms with van der Waals surface area (Å²) in [5, 5.41) is 0. The van der Waals surface area contributed by atoms with Crippen molar-refractivity contribution in [2.24, 2.45) is 0 Å². The average Bonchev–Trinajstić information content (AvgIpc) is 2.63. The molecular formula is C20H23N3O. The summed E-state index contributed by atoms with van der Waals surface area (Å²) < 4.78 is 0. The third kappa shape index (κ3) is 4.30. The molecule has 0 atom stereocenters. The number of nitrogens with zero attached hydrogens (tertiary/aromatic N) is 3. The van der Waals surface area contributed by atoms with Gasteiger partial charge in [0.1, 0.15) is 5.69 Å². The van der Waals surface area contributed by atoms with Crippen molar-refractivity contribution >= 4 is 12.0 Å². The van der Waals surface area contributed by atoms with E-state index in [0.717, 1.165) is 32.7 Å². The summed E-state index contributed by atoms with van der Waals surface area (Å²) in [7, 11) is 0. The van der Waals surface area contributed by atoms with Crippen molar-refractivity contribution in [2.45, 2.75) is 6.92 Å². The highest BCUT2D eigenvalue weighted by atomic mass is 16.2. The lowest BCUT2D eigenvalue weighted by atomic mass is 10.1. The molecule has 2 heterocycles. The Morgan fingerprint density at radius 1 is 1.04 bits per heavy atom. The van der Waals surface area contributed by atoms with Crippen LogP contribution in [0.1, 0.15) is 23.0 Å². The third-order valence-electron chi connectivity index (χ3n) is 4.23. The molecule has 0 unspecified atom stereocenters. The second-order valence-electron chi connectivity index (χ2n) is 6.18. The summed E-state index contributed by atoms with van der Waals surface area (Å²) in [5.41, 5.74) is 3.11. The number of carbonyl (C=O) groups is 1. The number of rotatable bonds is 4. The first kappa shape index (κ1) is 16.4. The molecule has 1 aliphatic heterocycles. The Morgan fingerprint density at radius 2 is 1.75 bits per heavy atom. The minimum atomic E-state index is 0.0341. The van der Waals surface area contributed by atoms with Crippen molar-refractivity contribution in [3.05, 3.63) is 71.6 Å². The Bertz CT molecular complexity index is 689. The van der Waals surface area contributed by atoms with E-state index in [0.29, 0.717) is 5.69 Å². The van der Waals surface area contributed by atoms with Gasteiger partial charge in [-0.3, -0.25) is 14.7 Å². The highest BCUT2D eigenvalue weighted by Crippen LogP contribution is 2.11. The average molecular weight is 321 g/mol. The molecule has 0 aliphatic carbocycles. The molecule has 24 heavy (non-hydrogen) atoms. The molecule has 0 radical (unpaired) electrons. The second kappa shape index (κ2) is 7.88. The number of carbonyl (C=O) groups excluding carboxylic acids is 1. The first-order valence-electron chi connectivity index (χ1n) is 8.37. The number of aromatic nitrogens is 1. The predicted octanol–water partition coefficient (Wildman–Crippen LogP) is 2.94. The Morgan fingerprint density at radius 3 is 2.42 bits per heavy atom. The maximum absolute atomic E-state index is 12.4. The molecule has 124 valence electrons. The van der Waals surface area contributed by atoms with Gasteiger partial charge in [-0.25, -0.2) is 0 Å². The van der Waals surface area contributed by atoms with Gasteiger partial charge in [-0.05, 0) is 24.6 Å². The standard InChI is InChI=1S/C20H23N3O/c1-17(15-18-7-3-2-4-8-18)16-22-11-13-23(14-12-22)20(24)19-9-5-6-10-21-19/h2-10,15H,11-14,16H2,1H3/b17-15+. The maximum atomic E-state index is 12.4. The van der Waals surface area contributed by atoms with Crippen LogP contribution in [0, 0.1) is 0 Å². The molecular weight excluding hydrogens is 298 g/mol. The Labute approximate surface area is 143 Å². The second-order valence-corrected chi connectivity index (χ2v) is 6.18. The van der Waals surface area contributed by atoms with Gasteiger partial charge in [0.25, 0.3) is 5.91 Å². The van der Waals surface area contributed by atoms with Crippen LogP contribution < -0.4 is 0 Å². The summed E-state index contributed by atoms with van der Waals surface area (Å²) >= 11 is 0. The van der Waals surface area contributed by atoms with Crippen molar-refractivity contribution in [1.82, 2.24) is 14.8 Å². The molecule has 3 rings (SSSR count). The van der Waals surface area contributed by atoms with Gasteiger partial charge in [-0.15, -0.1) is 0 Å². The van der Waals surface area contributed by atoms with E-state index in [-0.39, 0.29) is 5.91 Å². The zero-order valence-electron chi connectivity index (χ0n) is 14.1. The van der Waals surface area contributed by atoms with Gasteiger partial charge in [0.2, 0.25) is 0 Å². The molecule has 0 N–H and O–H groups in total. The lowest BCUT2D eigenvalue weighted by Gasteiger charge is -2.34. The predicted molar refractivity (Wildman–Crippen MR) is 96.7 cm³/mol. The lowest BCUT2D eigenvalue weighted by Crippen LogP contribution is -2.49. The van der Waals surface area contributed by atoms with E-state index >= 15 is 0 Å². The fourth-order valence-electron chi connectivity index (χ4n) is 2.99. The molecule has 1 saturated heterocycles. The number of hydrogen-bond acceptors (Lipinski definition) is 3. The smallest absolute Gasteiger partial charge is 0.272 e. The number of hydrogen-bond donors (Lipinski definition) is 0. The van der Waals surface area contributed by atoms with E-state index in [4.69, 9.17) is 0 Å². The molecule has 0 spiro atoms. The quantitative estimate of drug-likeness (QED) is 0.869. The van der Waals surface area contributed by atoms with Crippen LogP contribution in [0.2, 0.25) is 0 Å². The highest BCUT2D eigenvalue weighted by Gasteiger charge is 2.22. The fraction of sp³-hybridized carbons (Fsp3) is 0.300. The van der Waals surface area contributed by atoms with Gasteiger partial charge in [-0.2, -0.15) is 0 Å². The number of pyridine rings is 1. The van der Waals surface area contributed by atoms with Gasteiger partial charge in [0, 0.05) is 38.9 Å². The minimum Gasteiger partial charge on any atom is -0.335 e. The third-order valence-corrected chi connectivity index (χ3v) is 4.23. The van der Waals surface area contributed by atoms with Crippen LogP contribution in [0.3, 0.4) is 0 Å². The molecule has 1 fully saturated rings. The summed E-state index contributed by atoms with van der Waals surface area (Å²) in [6, 6.07) is 15.8. The monoisotopic (exact) mass is 321 g/mol. The molecule has 0 saturated carbocycles. The maximum Gasteiger partial charge on any atom is 0.272 e. The molecule has 2 aromatic rings. The molecule has 1 aromatic carbocycles. The summed E-state index contributed by atoms with van der Waals surface area (Å²) in [5.74, 6) is 0.0341. The van der Waals surface area contributed by atoms with Crippen molar-refractivity contribution in [3.8, 4) is 0 Å². The van der Waals surface area contributed by atoms with Crippen LogP contribution in [0.4, 0.5) is 0 Å². The van der Waals surface area contributed by atoms with E-state index in [1.54, 1.807) is 12.3 Å². The van der Waals surface area contributed by atoms with Crippen molar-refractivity contribution in [1.29, 1.82) is 0 Å². The largest absolute Gasteiger partial charge is 0.335 e. The van der Waals surface area contributed by atoms with Crippen molar-refractivity contribution in [3.63, 3.8) is 0 Å². The zero-order valence-corrected chi connectivity index (χ0v) is 14.1. The summed E-state index contributed by atoms with van der Waals surface area (Å²) in [6.45, 7) is 6.43. The van der Waals surface area contributed by atoms with Gasteiger partial charge < -0.3 is 4.90 Å². The van der Waals surface area contributed by atoms with E-state index < -0.39 is 0 Å². The van der Waals surface area contributed by atoms with E-state index in [1.807, 2.05) is 23.1 Å². The molecule has 1 amide bonds. The molecule has 4 heteroatoms. The fourth-order valence-corrected chi connectivity index (χ4v) is 2.99. The first-order chi connectivity index (χ1) is 11.7. The Balaban J connectivity index is 1.52. The number of benzene rings is 1. The molecule has 1 aromatic heterocycles. The van der Waals surface area contributed by atoms with Crippen LogP contribution >= 0.6 is 0 Å². The van der Waals surface area contributed by atoms with Crippen LogP contribution in [-0.2, 0) is 0 Å². The Hall–Kier alpha value is -2.46. The van der Waals surface area contributed by atoms with Gasteiger partial charge in [-0.1, -0.05) is 48.0 Å². The highest BCUT2D eigenvalue weighted by molar-refractivity contribution is 5.92. The number of amides is 1. The number of piperazine rings is 1. The van der Waals surface area contributed by atoms with Crippen molar-refractivity contribution < 1.29 is 4.79 Å². The normalized spacial score (nSPS) is 16.2. The van der Waals surface area contributed by atoms with E-state index in [2.05, 4.69) is 47.1 Å². The molecule has 4 nitrogen and oxygen atoms in total. The van der Waals surface area contributed by atoms with Gasteiger partial charge in [0.05, 0.1) is 0 Å². The van der Waals surface area contributed by atoms with Crippen LogP contribution in [0.25, 0.3) is 6.08 Å². The first-order valence-corrected chi connectivity index (χ1v) is 8.37. The van der Waals surface area contributed by atoms with Crippen LogP contribution in [-0.4, -0.2) is 53.4 Å². The van der Waals surface area contributed by atoms with E-state index in [1.165, 1.54) is 11.1 Å². The summed E-state index contributed by atoms with van der Waals surface area (Å²) in [6.07, 6.45) is 3.90. The zero-order chi connectivity index (χ0) is 16.8. The molecule has 1 aliphatic rings. The van der Waals surface area contributed by atoms with Crippen LogP contribution in [0.5, 0.6) is 0 Å². The lowest BCUT2D eigenvalue weighted by molar-refractivity contribution is 0.0642. The Kier molecular flexibility index (Phi) is 5.39. The molecule has 0 bridgehead atoms. The van der Waals surface area contributed by atoms with Gasteiger partial charge in [0.15, 0.2) is 0 Å². The van der Waals surface area contributed by atoms with Gasteiger partial charge >= 0.3 is 0 Å². The topological polar surface area (TPSA) is 36.4 Å². The minimum absolute atomic E-state index is 0.0341.